The molecule has 1 saturated heterocycles. The number of benzene rings is 1. The second kappa shape index (κ2) is 7.45. The fourth-order valence-electron chi connectivity index (χ4n) is 3.38. The van der Waals surface area contributed by atoms with Crippen molar-refractivity contribution in [2.75, 3.05) is 33.9 Å². The van der Waals surface area contributed by atoms with Gasteiger partial charge in [0, 0.05) is 37.8 Å². The van der Waals surface area contributed by atoms with Gasteiger partial charge in [0.15, 0.2) is 0 Å². The second-order valence-corrected chi connectivity index (χ2v) is 6.59. The van der Waals surface area contributed by atoms with Crippen LogP contribution in [0.15, 0.2) is 16.5 Å². The van der Waals surface area contributed by atoms with Crippen molar-refractivity contribution in [3.05, 3.63) is 29.2 Å². The monoisotopic (exact) mass is 345 g/mol. The van der Waals surface area contributed by atoms with E-state index in [4.69, 9.17) is 18.9 Å². The van der Waals surface area contributed by atoms with E-state index in [0.29, 0.717) is 11.9 Å². The van der Waals surface area contributed by atoms with E-state index < -0.39 is 0 Å². The minimum Gasteiger partial charge on any atom is -0.496 e. The highest BCUT2D eigenvalue weighted by Gasteiger charge is 2.22. The van der Waals surface area contributed by atoms with Gasteiger partial charge in [-0.2, -0.15) is 0 Å². The van der Waals surface area contributed by atoms with Gasteiger partial charge in [0.1, 0.15) is 17.3 Å². The van der Waals surface area contributed by atoms with Crippen molar-refractivity contribution in [1.29, 1.82) is 0 Å². The number of aryl methyl sites for hydroxylation is 1. The third-order valence-electron chi connectivity index (χ3n) is 4.73. The van der Waals surface area contributed by atoms with Gasteiger partial charge in [-0.05, 0) is 32.9 Å². The average molecular weight is 345 g/mol. The maximum absolute atomic E-state index is 5.97. The van der Waals surface area contributed by atoms with Crippen molar-refractivity contribution in [2.45, 2.75) is 33.4 Å². The quantitative estimate of drug-likeness (QED) is 0.899. The first kappa shape index (κ1) is 17.8. The van der Waals surface area contributed by atoms with Gasteiger partial charge in [0.2, 0.25) is 5.89 Å². The minimum absolute atomic E-state index is 0.504. The fourth-order valence-corrected chi connectivity index (χ4v) is 3.38. The summed E-state index contributed by atoms with van der Waals surface area (Å²) in [7, 11) is 3.31. The second-order valence-electron chi connectivity index (χ2n) is 6.59. The van der Waals surface area contributed by atoms with Crippen LogP contribution in [0.5, 0.6) is 11.5 Å². The number of oxazole rings is 1. The molecular weight excluding hydrogens is 318 g/mol. The molecule has 0 saturated carbocycles. The smallest absolute Gasteiger partial charge is 0.230 e. The lowest BCUT2D eigenvalue weighted by Crippen LogP contribution is -2.48. The number of piperazine rings is 1. The average Bonchev–Trinajstić information content (AvgIpc) is 2.95. The first-order chi connectivity index (χ1) is 12.0. The third-order valence-corrected chi connectivity index (χ3v) is 4.73. The molecule has 0 radical (unpaired) electrons. The van der Waals surface area contributed by atoms with E-state index in [1.54, 1.807) is 14.2 Å². The molecule has 2 heterocycles. The van der Waals surface area contributed by atoms with E-state index in [1.165, 1.54) is 0 Å². The molecule has 0 bridgehead atoms. The maximum atomic E-state index is 5.97. The molecule has 3 rings (SSSR count). The summed E-state index contributed by atoms with van der Waals surface area (Å²) < 4.78 is 16.9. The summed E-state index contributed by atoms with van der Waals surface area (Å²) in [6.07, 6.45) is 0. The fraction of sp³-hybridized carbons (Fsp3) is 0.526. The number of nitrogens with zero attached hydrogens (tertiary/aromatic N) is 2. The molecule has 0 amide bonds. The number of aromatic nitrogens is 1. The zero-order chi connectivity index (χ0) is 18.0. The van der Waals surface area contributed by atoms with Crippen molar-refractivity contribution < 1.29 is 13.9 Å². The molecule has 6 nitrogen and oxygen atoms in total. The molecule has 136 valence electrons. The summed E-state index contributed by atoms with van der Waals surface area (Å²) >= 11 is 0. The highest BCUT2D eigenvalue weighted by molar-refractivity contribution is 5.68. The van der Waals surface area contributed by atoms with Crippen LogP contribution in [0.4, 0.5) is 0 Å². The highest BCUT2D eigenvalue weighted by atomic mass is 16.5. The normalized spacial score (nSPS) is 18.4. The Balaban J connectivity index is 1.88. The first-order valence-corrected chi connectivity index (χ1v) is 8.67. The van der Waals surface area contributed by atoms with Crippen molar-refractivity contribution in [1.82, 2.24) is 15.2 Å². The molecule has 25 heavy (non-hydrogen) atoms. The molecule has 1 aromatic carbocycles. The van der Waals surface area contributed by atoms with Crippen LogP contribution in [0.2, 0.25) is 0 Å². The lowest BCUT2D eigenvalue weighted by atomic mass is 10.1. The molecule has 1 unspecified atom stereocenters. The molecule has 2 aromatic rings. The topological polar surface area (TPSA) is 59.8 Å². The Morgan fingerprint density at radius 3 is 2.76 bits per heavy atom. The molecule has 1 aliphatic rings. The molecule has 1 fully saturated rings. The van der Waals surface area contributed by atoms with E-state index in [-0.39, 0.29) is 0 Å². The SMILES string of the molecule is COc1ccc(-c2nc(CN3CCNC(C)C3)c(C)o2)c(OC)c1C. The van der Waals surface area contributed by atoms with Crippen LogP contribution in [0.25, 0.3) is 11.5 Å². The number of hydrogen-bond donors (Lipinski definition) is 1. The molecular formula is C19H27N3O3. The van der Waals surface area contributed by atoms with Crippen LogP contribution in [0, 0.1) is 13.8 Å². The molecule has 6 heteroatoms. The van der Waals surface area contributed by atoms with E-state index in [2.05, 4.69) is 17.1 Å². The van der Waals surface area contributed by atoms with E-state index in [0.717, 1.165) is 60.3 Å². The van der Waals surface area contributed by atoms with Crippen molar-refractivity contribution in [3.63, 3.8) is 0 Å². The largest absolute Gasteiger partial charge is 0.496 e. The van der Waals surface area contributed by atoms with Gasteiger partial charge in [-0.25, -0.2) is 4.98 Å². The van der Waals surface area contributed by atoms with Crippen molar-refractivity contribution >= 4 is 0 Å². The number of hydrogen-bond acceptors (Lipinski definition) is 6. The standard InChI is InChI=1S/C19H27N3O3/c1-12-10-22(9-8-20-12)11-16-14(3)25-19(21-16)15-6-7-17(23-4)13(2)18(15)24-5/h6-7,12,20H,8-11H2,1-5H3. The Hall–Kier alpha value is -2.05. The van der Waals surface area contributed by atoms with Crippen LogP contribution in [-0.2, 0) is 6.54 Å². The van der Waals surface area contributed by atoms with Gasteiger partial charge in [0.25, 0.3) is 0 Å². The Morgan fingerprint density at radius 2 is 2.08 bits per heavy atom. The van der Waals surface area contributed by atoms with Gasteiger partial charge in [-0.1, -0.05) is 0 Å². The summed E-state index contributed by atoms with van der Waals surface area (Å²) in [5, 5.41) is 3.46. The summed E-state index contributed by atoms with van der Waals surface area (Å²) in [5.74, 6) is 2.98. The van der Waals surface area contributed by atoms with Crippen LogP contribution in [0.1, 0.15) is 23.9 Å². The number of ether oxygens (including phenoxy) is 2. The van der Waals surface area contributed by atoms with Gasteiger partial charge in [0.05, 0.1) is 25.5 Å². The Labute approximate surface area is 149 Å². The Kier molecular flexibility index (Phi) is 5.30. The molecule has 0 aliphatic carbocycles. The van der Waals surface area contributed by atoms with Gasteiger partial charge < -0.3 is 19.2 Å². The van der Waals surface area contributed by atoms with Crippen LogP contribution < -0.4 is 14.8 Å². The summed E-state index contributed by atoms with van der Waals surface area (Å²) in [6, 6.07) is 4.36. The van der Waals surface area contributed by atoms with Gasteiger partial charge in [-0.15, -0.1) is 0 Å². The summed E-state index contributed by atoms with van der Waals surface area (Å²) in [6.45, 7) is 10.0. The lowest BCUT2D eigenvalue weighted by molar-refractivity contribution is 0.197. The van der Waals surface area contributed by atoms with E-state index in [1.807, 2.05) is 26.0 Å². The zero-order valence-electron chi connectivity index (χ0n) is 15.7. The highest BCUT2D eigenvalue weighted by Crippen LogP contribution is 2.38. The third kappa shape index (κ3) is 3.65. The Bertz CT molecular complexity index is 742. The van der Waals surface area contributed by atoms with Crippen LogP contribution in [-0.4, -0.2) is 49.8 Å². The zero-order valence-corrected chi connectivity index (χ0v) is 15.7. The van der Waals surface area contributed by atoms with Crippen molar-refractivity contribution in [3.8, 4) is 23.0 Å². The summed E-state index contributed by atoms with van der Waals surface area (Å²) in [5.41, 5.74) is 2.78. The van der Waals surface area contributed by atoms with Gasteiger partial charge in [-0.3, -0.25) is 4.90 Å². The van der Waals surface area contributed by atoms with Crippen molar-refractivity contribution in [2.24, 2.45) is 0 Å². The predicted molar refractivity (Wildman–Crippen MR) is 97.3 cm³/mol. The number of methoxy groups -OCH3 is 2. The van der Waals surface area contributed by atoms with E-state index in [9.17, 15) is 0 Å². The number of nitrogens with one attached hydrogen (secondary N) is 1. The van der Waals surface area contributed by atoms with Gasteiger partial charge >= 0.3 is 0 Å². The first-order valence-electron chi connectivity index (χ1n) is 8.67. The molecule has 0 spiro atoms. The van der Waals surface area contributed by atoms with Crippen LogP contribution >= 0.6 is 0 Å². The molecule has 1 N–H and O–H groups in total. The maximum Gasteiger partial charge on any atom is 0.230 e. The molecule has 1 atom stereocenters. The molecule has 1 aliphatic heterocycles. The minimum atomic E-state index is 0.504. The Morgan fingerprint density at radius 1 is 1.28 bits per heavy atom. The lowest BCUT2D eigenvalue weighted by Gasteiger charge is -2.31. The predicted octanol–water partition coefficient (Wildman–Crippen LogP) is 2.77. The summed E-state index contributed by atoms with van der Waals surface area (Å²) in [4.78, 5) is 7.16. The van der Waals surface area contributed by atoms with Crippen LogP contribution in [0.3, 0.4) is 0 Å². The number of rotatable bonds is 5. The van der Waals surface area contributed by atoms with E-state index >= 15 is 0 Å². The molecule has 1 aromatic heterocycles.